The van der Waals surface area contributed by atoms with Gasteiger partial charge in [-0.3, -0.25) is 4.79 Å². The first kappa shape index (κ1) is 23.0. The van der Waals surface area contributed by atoms with E-state index in [1.54, 1.807) is 0 Å². The molecule has 0 aliphatic heterocycles. The molecule has 32 heavy (non-hydrogen) atoms. The molecule has 0 bridgehead atoms. The molecule has 4 nitrogen and oxygen atoms in total. The quantitative estimate of drug-likeness (QED) is 0.282. The van der Waals surface area contributed by atoms with Crippen molar-refractivity contribution in [1.82, 2.24) is 15.0 Å². The zero-order valence-corrected chi connectivity index (χ0v) is 16.1. The van der Waals surface area contributed by atoms with Crippen molar-refractivity contribution < 1.29 is 35.5 Å². The molecule has 0 spiro atoms. The number of rotatable bonds is 4. The number of ketones is 1. The lowest BCUT2D eigenvalue weighted by atomic mass is 10.0. The normalized spacial score (nSPS) is 12.7. The predicted octanol–water partition coefficient (Wildman–Crippen LogP) is 5.84. The zero-order chi connectivity index (χ0) is 23.7. The van der Waals surface area contributed by atoms with E-state index in [-0.39, 0.29) is 23.0 Å². The van der Waals surface area contributed by atoms with E-state index in [1.165, 1.54) is 31.2 Å². The lowest BCUT2D eigenvalue weighted by Gasteiger charge is -2.14. The number of hydrogen-bond acceptors (Lipinski definition) is 4. The molecule has 0 atom stereocenters. The molecule has 3 aromatic rings. The summed E-state index contributed by atoms with van der Waals surface area (Å²) in [7, 11) is 0. The third kappa shape index (κ3) is 5.34. The van der Waals surface area contributed by atoms with Crippen LogP contribution in [0.25, 0.3) is 23.0 Å². The van der Waals surface area contributed by atoms with Crippen LogP contribution in [0.5, 0.6) is 0 Å². The van der Waals surface area contributed by atoms with Crippen LogP contribution in [0, 0.1) is 5.95 Å². The summed E-state index contributed by atoms with van der Waals surface area (Å²) in [5.41, 5.74) is -3.63. The lowest BCUT2D eigenvalue weighted by molar-refractivity contribution is -0.143. The number of pyridine rings is 1. The number of aromatic nitrogens is 3. The maximum atomic E-state index is 13.4. The molecule has 0 radical (unpaired) electrons. The summed E-state index contributed by atoms with van der Waals surface area (Å²) in [6.45, 7) is 1.18. The molecule has 166 valence electrons. The Bertz CT molecular complexity index is 1170. The third-order valence-corrected chi connectivity index (χ3v) is 4.19. The van der Waals surface area contributed by atoms with Gasteiger partial charge in [-0.05, 0) is 49.4 Å². The fourth-order valence-corrected chi connectivity index (χ4v) is 2.74. The molecule has 0 fully saturated rings. The fourth-order valence-electron chi connectivity index (χ4n) is 2.74. The van der Waals surface area contributed by atoms with E-state index in [1.807, 2.05) is 0 Å². The minimum atomic E-state index is -5.03. The second-order valence-electron chi connectivity index (χ2n) is 6.56. The van der Waals surface area contributed by atoms with Gasteiger partial charge in [-0.25, -0.2) is 15.0 Å². The minimum Gasteiger partial charge on any atom is -0.294 e. The average Bonchev–Trinajstić information content (AvgIpc) is 2.70. The highest BCUT2D eigenvalue weighted by Gasteiger charge is 2.37. The van der Waals surface area contributed by atoms with Gasteiger partial charge in [-0.1, -0.05) is 6.07 Å². The van der Waals surface area contributed by atoms with Crippen molar-refractivity contribution >= 4 is 17.4 Å². The molecule has 0 aliphatic rings. The Morgan fingerprint density at radius 1 is 0.906 bits per heavy atom. The molecule has 0 unspecified atom stereocenters. The smallest absolute Gasteiger partial charge is 0.294 e. The Hall–Kier alpha value is -3.63. The molecule has 0 saturated heterocycles. The molecule has 2 heterocycles. The molecule has 0 aliphatic carbocycles. The first-order valence-electron chi connectivity index (χ1n) is 8.83. The molecular formula is C21H12F7N3O. The lowest BCUT2D eigenvalue weighted by Crippen LogP contribution is -2.11. The van der Waals surface area contributed by atoms with Gasteiger partial charge in [0.1, 0.15) is 0 Å². The number of Topliss-reactive ketones (excluding diaryl/α,β-unsaturated/α-hetero) is 1. The Balaban J connectivity index is 2.13. The summed E-state index contributed by atoms with van der Waals surface area (Å²) in [5, 5.41) is 0. The number of benzene rings is 1. The Kier molecular flexibility index (Phi) is 6.11. The van der Waals surface area contributed by atoms with Gasteiger partial charge in [0.25, 0.3) is 0 Å². The van der Waals surface area contributed by atoms with Crippen LogP contribution in [0.4, 0.5) is 30.7 Å². The molecule has 0 amide bonds. The van der Waals surface area contributed by atoms with Gasteiger partial charge in [0.2, 0.25) is 5.95 Å². The molecule has 0 saturated carbocycles. The van der Waals surface area contributed by atoms with Crippen LogP contribution >= 0.6 is 0 Å². The van der Waals surface area contributed by atoms with Crippen molar-refractivity contribution in [2.45, 2.75) is 19.3 Å². The van der Waals surface area contributed by atoms with Gasteiger partial charge in [-0.15, -0.1) is 0 Å². The van der Waals surface area contributed by atoms with Crippen molar-refractivity contribution in [1.29, 1.82) is 0 Å². The number of nitrogens with zero attached hydrogens (tertiary/aromatic N) is 3. The van der Waals surface area contributed by atoms with E-state index >= 15 is 0 Å². The van der Waals surface area contributed by atoms with Crippen molar-refractivity contribution in [3.63, 3.8) is 0 Å². The highest BCUT2D eigenvalue weighted by Crippen LogP contribution is 2.38. The van der Waals surface area contributed by atoms with Gasteiger partial charge in [0.05, 0.1) is 22.5 Å². The van der Waals surface area contributed by atoms with Crippen LogP contribution in [-0.4, -0.2) is 20.7 Å². The molecule has 2 aromatic heterocycles. The Morgan fingerprint density at radius 2 is 1.53 bits per heavy atom. The molecule has 0 N–H and O–H groups in total. The second kappa shape index (κ2) is 8.48. The first-order valence-corrected chi connectivity index (χ1v) is 8.83. The van der Waals surface area contributed by atoms with Crippen LogP contribution in [-0.2, 0) is 17.1 Å². The van der Waals surface area contributed by atoms with Gasteiger partial charge in [-0.2, -0.15) is 30.7 Å². The fraction of sp³-hybridized carbons (Fsp3) is 0.143. The highest BCUT2D eigenvalue weighted by atomic mass is 19.4. The van der Waals surface area contributed by atoms with Gasteiger partial charge in [0.15, 0.2) is 11.6 Å². The number of halogens is 7. The third-order valence-electron chi connectivity index (χ3n) is 4.19. The minimum absolute atomic E-state index is 0.00256. The van der Waals surface area contributed by atoms with Crippen molar-refractivity contribution in [3.8, 4) is 11.4 Å². The molecule has 11 heteroatoms. The average molecular weight is 455 g/mol. The molecule has 3 rings (SSSR count). The molecule has 1 aromatic carbocycles. The van der Waals surface area contributed by atoms with Crippen molar-refractivity contribution in [2.24, 2.45) is 0 Å². The van der Waals surface area contributed by atoms with Crippen molar-refractivity contribution in [3.05, 3.63) is 77.1 Å². The van der Waals surface area contributed by atoms with E-state index < -0.39 is 46.6 Å². The SMILES string of the molecule is CC(=O)/C(=C/c1ccnc(-c2cc(C(F)(F)F)cc(C(F)(F)F)c2)n1)c1cccc(F)n1. The topological polar surface area (TPSA) is 55.7 Å². The monoisotopic (exact) mass is 455 g/mol. The van der Waals surface area contributed by atoms with E-state index in [4.69, 9.17) is 0 Å². The van der Waals surface area contributed by atoms with E-state index in [2.05, 4.69) is 15.0 Å². The number of hydrogen-bond donors (Lipinski definition) is 0. The maximum absolute atomic E-state index is 13.4. The maximum Gasteiger partial charge on any atom is 0.416 e. The van der Waals surface area contributed by atoms with Crippen LogP contribution in [0.2, 0.25) is 0 Å². The number of alkyl halides is 6. The Labute approximate surface area is 176 Å². The molecular weight excluding hydrogens is 443 g/mol. The van der Waals surface area contributed by atoms with Gasteiger partial charge in [0, 0.05) is 17.3 Å². The number of carbonyl (C=O) groups is 1. The van der Waals surface area contributed by atoms with E-state index in [9.17, 15) is 35.5 Å². The summed E-state index contributed by atoms with van der Waals surface area (Å²) < 4.78 is 92.1. The van der Waals surface area contributed by atoms with E-state index in [0.29, 0.717) is 12.1 Å². The summed E-state index contributed by atoms with van der Waals surface area (Å²) in [6, 6.07) is 6.02. The number of carbonyl (C=O) groups excluding carboxylic acids is 1. The zero-order valence-electron chi connectivity index (χ0n) is 16.1. The second-order valence-corrected chi connectivity index (χ2v) is 6.56. The van der Waals surface area contributed by atoms with Gasteiger partial charge < -0.3 is 0 Å². The van der Waals surface area contributed by atoms with Crippen LogP contribution in [0.15, 0.2) is 48.7 Å². The largest absolute Gasteiger partial charge is 0.416 e. The summed E-state index contributed by atoms with van der Waals surface area (Å²) in [4.78, 5) is 23.3. The highest BCUT2D eigenvalue weighted by molar-refractivity contribution is 6.23. The van der Waals surface area contributed by atoms with Crippen molar-refractivity contribution in [2.75, 3.05) is 0 Å². The summed E-state index contributed by atoms with van der Waals surface area (Å²) in [5.74, 6) is -1.78. The van der Waals surface area contributed by atoms with Crippen LogP contribution in [0.1, 0.15) is 29.4 Å². The van der Waals surface area contributed by atoms with Gasteiger partial charge >= 0.3 is 12.4 Å². The summed E-state index contributed by atoms with van der Waals surface area (Å²) >= 11 is 0. The predicted molar refractivity (Wildman–Crippen MR) is 100 cm³/mol. The van der Waals surface area contributed by atoms with E-state index in [0.717, 1.165) is 12.3 Å². The number of allylic oxidation sites excluding steroid dienone is 1. The first-order chi connectivity index (χ1) is 14.8. The summed E-state index contributed by atoms with van der Waals surface area (Å²) in [6.07, 6.45) is -7.76. The van der Waals surface area contributed by atoms with Crippen LogP contribution < -0.4 is 0 Å². The Morgan fingerprint density at radius 3 is 2.06 bits per heavy atom. The van der Waals surface area contributed by atoms with Crippen LogP contribution in [0.3, 0.4) is 0 Å². The standard InChI is InChI=1S/C21H12F7N3O/c1-11(32)16(17-3-2-4-18(22)31-17)10-15-5-6-29-19(30-15)12-7-13(20(23,24)25)9-14(8-12)21(26,27)28/h2-10H,1H3/b16-10-.